The Bertz CT molecular complexity index is 474. The van der Waals surface area contributed by atoms with E-state index in [-0.39, 0.29) is 13.2 Å². The van der Waals surface area contributed by atoms with Crippen LogP contribution in [0.4, 0.5) is 31.1 Å². The van der Waals surface area contributed by atoms with Crippen LogP contribution in [-0.2, 0) is 23.1 Å². The molecule has 0 aliphatic rings. The van der Waals surface area contributed by atoms with Gasteiger partial charge in [0.2, 0.25) is 0 Å². The van der Waals surface area contributed by atoms with Crippen molar-refractivity contribution in [2.24, 2.45) is 0 Å². The van der Waals surface area contributed by atoms with Gasteiger partial charge in [-0.05, 0) is 20.8 Å². The molecule has 26 heavy (non-hydrogen) atoms. The predicted molar refractivity (Wildman–Crippen MR) is 76.7 cm³/mol. The number of alkyl carbamates (subject to hydrolysis) is 1. The lowest BCUT2D eigenvalue weighted by atomic mass is 10.2. The van der Waals surface area contributed by atoms with Crippen LogP contribution in [0.1, 0.15) is 20.8 Å². The van der Waals surface area contributed by atoms with E-state index >= 15 is 0 Å². The maximum absolute atomic E-state index is 13.5. The average molecular weight is 419 g/mol. The van der Waals surface area contributed by atoms with Crippen molar-refractivity contribution in [2.75, 3.05) is 33.0 Å². The molecule has 1 N–H and O–H groups in total. The highest BCUT2D eigenvalue weighted by Crippen LogP contribution is 2.69. The Morgan fingerprint density at radius 1 is 0.885 bits per heavy atom. The first-order chi connectivity index (χ1) is 11.8. The maximum Gasteiger partial charge on any atom is 0.432 e. The molecule has 0 rings (SSSR count). The van der Waals surface area contributed by atoms with E-state index in [9.17, 15) is 35.7 Å². The molecule has 0 atom stereocenters. The molecule has 0 aromatic carbocycles. The Morgan fingerprint density at radius 3 is 1.69 bits per heavy atom. The first kappa shape index (κ1) is 25.0. The van der Waals surface area contributed by atoms with Gasteiger partial charge in [-0.3, -0.25) is 9.88 Å². The molecule has 0 unspecified atom stereocenters. The summed E-state index contributed by atoms with van der Waals surface area (Å²) >= 11 is 0. The van der Waals surface area contributed by atoms with Crippen molar-refractivity contribution < 1.29 is 54.2 Å². The average Bonchev–Trinajstić information content (AvgIpc) is 2.47. The first-order valence-corrected chi connectivity index (χ1v) is 8.92. The van der Waals surface area contributed by atoms with Crippen molar-refractivity contribution in [1.29, 1.82) is 0 Å². The molecule has 0 aliphatic heterocycles. The largest absolute Gasteiger partial charge is 0.447 e. The van der Waals surface area contributed by atoms with Crippen LogP contribution < -0.4 is 5.32 Å². The number of carbonyl (C=O) groups excluding carboxylic acids is 1. The monoisotopic (exact) mass is 419 g/mol. The van der Waals surface area contributed by atoms with Crippen LogP contribution in [0.25, 0.3) is 0 Å². The zero-order valence-corrected chi connectivity index (χ0v) is 15.1. The molecule has 7 nitrogen and oxygen atoms in total. The van der Waals surface area contributed by atoms with E-state index in [4.69, 9.17) is 4.74 Å². The number of hydrogen-bond acceptors (Lipinski definition) is 6. The highest BCUT2D eigenvalue weighted by atomic mass is 31.2. The Balaban J connectivity index is 6.02. The van der Waals surface area contributed by atoms with Gasteiger partial charge in [0.25, 0.3) is 0 Å². The van der Waals surface area contributed by atoms with Gasteiger partial charge in [0.05, 0.1) is 19.8 Å². The topological polar surface area (TPSA) is 83.1 Å². The number of rotatable bonds is 10. The van der Waals surface area contributed by atoms with E-state index in [0.717, 1.165) is 13.8 Å². The van der Waals surface area contributed by atoms with Gasteiger partial charge in [0.1, 0.15) is 6.61 Å². The Kier molecular flexibility index (Phi) is 9.38. The molecule has 0 aromatic rings. The normalized spacial score (nSPS) is 13.6. The summed E-state index contributed by atoms with van der Waals surface area (Å²) in [7, 11) is -6.00. The lowest BCUT2D eigenvalue weighted by Crippen LogP contribution is -2.67. The Hall–Kier alpha value is -1.04. The summed E-state index contributed by atoms with van der Waals surface area (Å²) in [6.45, 7) is 1.30. The van der Waals surface area contributed by atoms with Gasteiger partial charge in [-0.1, -0.05) is 0 Å². The van der Waals surface area contributed by atoms with E-state index in [2.05, 4.69) is 13.8 Å². The molecule has 0 saturated carbocycles. The minimum absolute atomic E-state index is 0.184. The summed E-state index contributed by atoms with van der Waals surface area (Å²) in [6.07, 6.45) is -14.7. The number of nitrogens with one attached hydrogen (secondary N) is 1. The molecular weight excluding hydrogens is 399 g/mol. The third-order valence-corrected chi connectivity index (χ3v) is 5.41. The molecule has 1 amide bonds. The second kappa shape index (κ2) is 9.77. The zero-order chi connectivity index (χ0) is 20.6. The van der Waals surface area contributed by atoms with Crippen LogP contribution in [0.15, 0.2) is 0 Å². The van der Waals surface area contributed by atoms with Crippen molar-refractivity contribution in [3.63, 3.8) is 0 Å². The Morgan fingerprint density at radius 2 is 1.35 bits per heavy atom. The number of alkyl halides is 6. The molecule has 0 aliphatic carbocycles. The smallest absolute Gasteiger partial charge is 0.432 e. The summed E-state index contributed by atoms with van der Waals surface area (Å²) in [5.41, 5.74) is 0. The minimum Gasteiger partial charge on any atom is -0.447 e. The third kappa shape index (κ3) is 5.48. The molecule has 0 fully saturated rings. The van der Waals surface area contributed by atoms with E-state index < -0.39 is 51.1 Å². The van der Waals surface area contributed by atoms with Gasteiger partial charge in [0, 0.05) is 6.61 Å². The van der Waals surface area contributed by atoms with Crippen molar-refractivity contribution >= 4 is 13.7 Å². The number of carbonyl (C=O) groups is 1. The molecule has 156 valence electrons. The molecule has 14 heteroatoms. The van der Waals surface area contributed by atoms with E-state index in [0.29, 0.717) is 5.32 Å². The maximum atomic E-state index is 13.5. The fourth-order valence-corrected chi connectivity index (χ4v) is 3.76. The van der Waals surface area contributed by atoms with Crippen LogP contribution in [0.5, 0.6) is 0 Å². The lowest BCUT2D eigenvalue weighted by Gasteiger charge is -2.40. The highest BCUT2D eigenvalue weighted by Gasteiger charge is 2.83. The van der Waals surface area contributed by atoms with Crippen LogP contribution >= 0.6 is 7.60 Å². The summed E-state index contributed by atoms with van der Waals surface area (Å²) in [6, 6.07) is 0. The molecule has 0 bridgehead atoms. The van der Waals surface area contributed by atoms with Crippen molar-refractivity contribution in [3.05, 3.63) is 0 Å². The van der Waals surface area contributed by atoms with Crippen LogP contribution in [-0.4, -0.2) is 56.8 Å². The van der Waals surface area contributed by atoms with Crippen LogP contribution in [0, 0.1) is 0 Å². The van der Waals surface area contributed by atoms with E-state index in [1.807, 2.05) is 0 Å². The molecule has 0 spiro atoms. The summed E-state index contributed by atoms with van der Waals surface area (Å²) in [5, 5.41) is -4.69. The number of amides is 1. The first-order valence-electron chi connectivity index (χ1n) is 7.38. The third-order valence-electron chi connectivity index (χ3n) is 2.78. The van der Waals surface area contributed by atoms with Gasteiger partial charge in [-0.15, -0.1) is 0 Å². The zero-order valence-electron chi connectivity index (χ0n) is 14.2. The van der Waals surface area contributed by atoms with Gasteiger partial charge in [0.15, 0.2) is 0 Å². The number of hydrogen-bond donors (Lipinski definition) is 1. The lowest BCUT2D eigenvalue weighted by molar-refractivity contribution is -0.280. The fourth-order valence-electron chi connectivity index (χ4n) is 1.77. The van der Waals surface area contributed by atoms with Crippen molar-refractivity contribution in [1.82, 2.24) is 5.32 Å². The van der Waals surface area contributed by atoms with Gasteiger partial charge in [-0.25, -0.2) is 4.79 Å². The van der Waals surface area contributed by atoms with E-state index in [1.54, 1.807) is 6.92 Å². The Labute approximate surface area is 145 Å². The highest BCUT2D eigenvalue weighted by molar-refractivity contribution is 7.55. The molecule has 0 saturated heterocycles. The quantitative estimate of drug-likeness (QED) is 0.329. The van der Waals surface area contributed by atoms with E-state index in [1.165, 1.54) is 0 Å². The fraction of sp³-hybridized carbons (Fsp3) is 0.917. The number of halogens is 6. The molecule has 0 radical (unpaired) electrons. The SMILES string of the molecule is CCOCCOC(=O)NC(C(F)(F)F)(C(F)(F)F)P(=O)(OCC)OCC. The molecule has 0 aromatic heterocycles. The number of ether oxygens (including phenoxy) is 2. The van der Waals surface area contributed by atoms with Gasteiger partial charge in [-0.2, -0.15) is 26.3 Å². The second-order valence-corrected chi connectivity index (χ2v) is 6.68. The van der Waals surface area contributed by atoms with Crippen LogP contribution in [0.2, 0.25) is 0 Å². The molecular formula is C12H20F6NO6P. The summed E-state index contributed by atoms with van der Waals surface area (Å²) in [5.74, 6) is 0. The van der Waals surface area contributed by atoms with Crippen molar-refractivity contribution in [2.45, 2.75) is 38.4 Å². The minimum atomic E-state index is -6.27. The van der Waals surface area contributed by atoms with Gasteiger partial charge >= 0.3 is 31.3 Å². The van der Waals surface area contributed by atoms with Gasteiger partial charge < -0.3 is 18.5 Å². The predicted octanol–water partition coefficient (Wildman–Crippen LogP) is 3.84. The second-order valence-electron chi connectivity index (χ2n) is 4.50. The van der Waals surface area contributed by atoms with Crippen molar-refractivity contribution in [3.8, 4) is 0 Å². The molecule has 0 heterocycles. The summed E-state index contributed by atoms with van der Waals surface area (Å²) < 4.78 is 111. The standard InChI is InChI=1S/C12H20F6NO6P/c1-4-22-7-8-23-9(20)19-10(11(13,14)15,12(16,17)18)26(21,24-5-2)25-6-3/h4-8H2,1-3H3,(H,19,20). The summed E-state index contributed by atoms with van der Waals surface area (Å²) in [4.78, 5) is 11.5. The van der Waals surface area contributed by atoms with Crippen LogP contribution in [0.3, 0.4) is 0 Å².